The van der Waals surface area contributed by atoms with Crippen LogP contribution in [0.3, 0.4) is 0 Å². The van der Waals surface area contributed by atoms with Crippen molar-refractivity contribution in [3.63, 3.8) is 0 Å². The number of likely N-dealkylation sites (tertiary alicyclic amines) is 1. The first-order valence-corrected chi connectivity index (χ1v) is 8.35. The van der Waals surface area contributed by atoms with E-state index in [2.05, 4.69) is 10.2 Å². The van der Waals surface area contributed by atoms with Crippen LogP contribution >= 0.6 is 0 Å². The number of benzene rings is 1. The molecule has 128 valence electrons. The molecule has 1 saturated heterocycles. The lowest BCUT2D eigenvalue weighted by molar-refractivity contribution is -0.126. The number of methoxy groups -OCH3 is 2. The molecule has 0 spiro atoms. The van der Waals surface area contributed by atoms with Gasteiger partial charge in [-0.3, -0.25) is 9.69 Å². The highest BCUT2D eigenvalue weighted by molar-refractivity contribution is 5.81. The maximum atomic E-state index is 12.4. The molecule has 1 heterocycles. The van der Waals surface area contributed by atoms with E-state index in [1.165, 1.54) is 12.8 Å². The molecule has 1 amide bonds. The van der Waals surface area contributed by atoms with Gasteiger partial charge < -0.3 is 14.8 Å². The van der Waals surface area contributed by atoms with Gasteiger partial charge in [-0.05, 0) is 44.5 Å². The minimum absolute atomic E-state index is 0.00436. The zero-order chi connectivity index (χ0) is 16.7. The first-order valence-electron chi connectivity index (χ1n) is 8.35. The van der Waals surface area contributed by atoms with E-state index in [9.17, 15) is 4.79 Å². The Morgan fingerprint density at radius 1 is 1.26 bits per heavy atom. The number of rotatable bonds is 6. The van der Waals surface area contributed by atoms with E-state index in [0.29, 0.717) is 6.54 Å². The van der Waals surface area contributed by atoms with Crippen LogP contribution < -0.4 is 14.8 Å². The van der Waals surface area contributed by atoms with E-state index in [4.69, 9.17) is 9.47 Å². The van der Waals surface area contributed by atoms with Crippen LogP contribution in [0.15, 0.2) is 18.2 Å². The van der Waals surface area contributed by atoms with Gasteiger partial charge in [-0.15, -0.1) is 0 Å². The topological polar surface area (TPSA) is 50.8 Å². The normalized spacial score (nSPS) is 19.0. The average Bonchev–Trinajstić information content (AvgIpc) is 2.78. The Hall–Kier alpha value is -1.75. The van der Waals surface area contributed by atoms with Crippen molar-refractivity contribution in [2.45, 2.75) is 38.1 Å². The number of hydrogen-bond donors (Lipinski definition) is 1. The molecule has 1 aromatic rings. The monoisotopic (exact) mass is 320 g/mol. The van der Waals surface area contributed by atoms with Crippen molar-refractivity contribution in [1.29, 1.82) is 0 Å². The van der Waals surface area contributed by atoms with Gasteiger partial charge >= 0.3 is 0 Å². The number of likely N-dealkylation sites (N-methyl/N-ethyl adjacent to an activating group) is 1. The quantitative estimate of drug-likeness (QED) is 0.873. The summed E-state index contributed by atoms with van der Waals surface area (Å²) in [6.07, 6.45) is 5.20. The fourth-order valence-corrected chi connectivity index (χ4v) is 3.17. The van der Waals surface area contributed by atoms with Crippen LogP contribution in [0.1, 0.15) is 31.2 Å². The molecule has 1 aliphatic heterocycles. The Bertz CT molecular complexity index is 519. The van der Waals surface area contributed by atoms with E-state index in [0.717, 1.165) is 42.9 Å². The molecule has 0 saturated carbocycles. The van der Waals surface area contributed by atoms with Crippen LogP contribution in [0.2, 0.25) is 0 Å². The van der Waals surface area contributed by atoms with Crippen molar-refractivity contribution >= 4 is 5.91 Å². The summed E-state index contributed by atoms with van der Waals surface area (Å²) < 4.78 is 10.7. The number of hydrogen-bond acceptors (Lipinski definition) is 4. The first kappa shape index (κ1) is 17.6. The summed E-state index contributed by atoms with van der Waals surface area (Å²) in [5.41, 5.74) is 1.04. The Morgan fingerprint density at radius 3 is 2.83 bits per heavy atom. The van der Waals surface area contributed by atoms with Gasteiger partial charge in [-0.2, -0.15) is 0 Å². The number of ether oxygens (including phenoxy) is 2. The first-order chi connectivity index (χ1) is 11.2. The second-order valence-electron chi connectivity index (χ2n) is 6.04. The van der Waals surface area contributed by atoms with Crippen molar-refractivity contribution in [2.24, 2.45) is 0 Å². The predicted octanol–water partition coefficient (Wildman–Crippen LogP) is 2.24. The number of amides is 1. The fraction of sp³-hybridized carbons (Fsp3) is 0.611. The number of para-hydroxylation sites is 1. The Labute approximate surface area is 139 Å². The standard InChI is InChI=1S/C18H28N2O3/c1-20-13-6-4-5-9-15(20)18(21)19-12-11-14-8-7-10-16(22-2)17(14)23-3/h7-8,10,15H,4-6,9,11-13H2,1-3H3,(H,19,21). The van der Waals surface area contributed by atoms with Gasteiger partial charge in [0.15, 0.2) is 11.5 Å². The summed E-state index contributed by atoms with van der Waals surface area (Å²) in [6.45, 7) is 1.61. The number of carbonyl (C=O) groups excluding carboxylic acids is 1. The minimum Gasteiger partial charge on any atom is -0.493 e. The molecule has 1 aromatic carbocycles. The molecular weight excluding hydrogens is 292 g/mol. The average molecular weight is 320 g/mol. The SMILES string of the molecule is COc1cccc(CCNC(=O)C2CCCCCN2C)c1OC. The molecular formula is C18H28N2O3. The van der Waals surface area contributed by atoms with Crippen molar-refractivity contribution in [3.8, 4) is 11.5 Å². The molecule has 1 fully saturated rings. The van der Waals surface area contributed by atoms with Crippen molar-refractivity contribution < 1.29 is 14.3 Å². The highest BCUT2D eigenvalue weighted by Crippen LogP contribution is 2.30. The summed E-state index contributed by atoms with van der Waals surface area (Å²) in [6, 6.07) is 5.83. The minimum atomic E-state index is 0.00436. The molecule has 0 aliphatic carbocycles. The smallest absolute Gasteiger partial charge is 0.237 e. The molecule has 5 nitrogen and oxygen atoms in total. The summed E-state index contributed by atoms with van der Waals surface area (Å²) >= 11 is 0. The zero-order valence-electron chi connectivity index (χ0n) is 14.4. The lowest BCUT2D eigenvalue weighted by Crippen LogP contribution is -2.45. The summed E-state index contributed by atoms with van der Waals surface area (Å²) in [5, 5.41) is 3.07. The molecule has 2 rings (SSSR count). The molecule has 5 heteroatoms. The second kappa shape index (κ2) is 8.77. The fourth-order valence-electron chi connectivity index (χ4n) is 3.17. The van der Waals surface area contributed by atoms with Crippen LogP contribution in [0.4, 0.5) is 0 Å². The lowest BCUT2D eigenvalue weighted by atomic mass is 10.1. The van der Waals surface area contributed by atoms with Crippen LogP contribution in [0, 0.1) is 0 Å². The van der Waals surface area contributed by atoms with Gasteiger partial charge in [-0.25, -0.2) is 0 Å². The molecule has 0 aromatic heterocycles. The van der Waals surface area contributed by atoms with Crippen molar-refractivity contribution in [3.05, 3.63) is 23.8 Å². The third-order valence-electron chi connectivity index (χ3n) is 4.50. The number of nitrogens with zero attached hydrogens (tertiary/aromatic N) is 1. The highest BCUT2D eigenvalue weighted by Gasteiger charge is 2.24. The molecule has 0 bridgehead atoms. The van der Waals surface area contributed by atoms with Gasteiger partial charge in [0.2, 0.25) is 5.91 Å². The second-order valence-corrected chi connectivity index (χ2v) is 6.04. The maximum absolute atomic E-state index is 12.4. The highest BCUT2D eigenvalue weighted by atomic mass is 16.5. The molecule has 1 N–H and O–H groups in total. The van der Waals surface area contributed by atoms with Crippen LogP contribution in [0.5, 0.6) is 11.5 Å². The molecule has 1 aliphatic rings. The molecule has 23 heavy (non-hydrogen) atoms. The van der Waals surface area contributed by atoms with Crippen LogP contribution in [-0.2, 0) is 11.2 Å². The maximum Gasteiger partial charge on any atom is 0.237 e. The predicted molar refractivity (Wildman–Crippen MR) is 91.1 cm³/mol. The lowest BCUT2D eigenvalue weighted by Gasteiger charge is -2.24. The van der Waals surface area contributed by atoms with Crippen LogP contribution in [-0.4, -0.2) is 51.2 Å². The summed E-state index contributed by atoms with van der Waals surface area (Å²) in [4.78, 5) is 14.6. The third-order valence-corrected chi connectivity index (χ3v) is 4.50. The van der Waals surface area contributed by atoms with Gasteiger partial charge in [0, 0.05) is 6.54 Å². The molecule has 1 atom stereocenters. The number of nitrogens with one attached hydrogen (secondary N) is 1. The van der Waals surface area contributed by atoms with Crippen molar-refractivity contribution in [1.82, 2.24) is 10.2 Å². The zero-order valence-corrected chi connectivity index (χ0v) is 14.4. The van der Waals surface area contributed by atoms with Gasteiger partial charge in [0.25, 0.3) is 0 Å². The largest absolute Gasteiger partial charge is 0.493 e. The Kier molecular flexibility index (Phi) is 6.71. The summed E-state index contributed by atoms with van der Waals surface area (Å²) in [5.74, 6) is 1.60. The van der Waals surface area contributed by atoms with Gasteiger partial charge in [0.1, 0.15) is 0 Å². The van der Waals surface area contributed by atoms with Crippen LogP contribution in [0.25, 0.3) is 0 Å². The van der Waals surface area contributed by atoms with E-state index in [-0.39, 0.29) is 11.9 Å². The Balaban J connectivity index is 1.90. The van der Waals surface area contributed by atoms with Gasteiger partial charge in [-0.1, -0.05) is 25.0 Å². The van der Waals surface area contributed by atoms with E-state index in [1.54, 1.807) is 14.2 Å². The molecule has 1 unspecified atom stereocenters. The van der Waals surface area contributed by atoms with Crippen molar-refractivity contribution in [2.75, 3.05) is 34.4 Å². The summed E-state index contributed by atoms with van der Waals surface area (Å²) in [7, 11) is 5.31. The molecule has 0 radical (unpaired) electrons. The third kappa shape index (κ3) is 4.61. The Morgan fingerprint density at radius 2 is 2.09 bits per heavy atom. The van der Waals surface area contributed by atoms with Gasteiger partial charge in [0.05, 0.1) is 20.3 Å². The number of carbonyl (C=O) groups is 1. The van der Waals surface area contributed by atoms with E-state index < -0.39 is 0 Å². The van der Waals surface area contributed by atoms with E-state index in [1.807, 2.05) is 25.2 Å². The van der Waals surface area contributed by atoms with E-state index >= 15 is 0 Å².